The van der Waals surface area contributed by atoms with E-state index in [1.54, 1.807) is 24.5 Å². The van der Waals surface area contributed by atoms with Gasteiger partial charge in [0.15, 0.2) is 0 Å². The smallest absolute Gasteiger partial charge is 0.128 e. The molecule has 0 unspecified atom stereocenters. The van der Waals surface area contributed by atoms with Crippen LogP contribution in [0.25, 0.3) is 0 Å². The summed E-state index contributed by atoms with van der Waals surface area (Å²) in [6, 6.07) is 3.38. The van der Waals surface area contributed by atoms with Crippen molar-refractivity contribution >= 4 is 29.2 Å². The molecule has 1 aromatic rings. The first-order valence-corrected chi connectivity index (χ1v) is 2.83. The third kappa shape index (κ3) is 2.33. The third-order valence-corrected chi connectivity index (χ3v) is 1.15. The summed E-state index contributed by atoms with van der Waals surface area (Å²) < 4.78 is 0. The normalized spacial score (nSPS) is 8.10. The third-order valence-electron chi connectivity index (χ3n) is 0.934. The fraction of sp³-hybridized carbons (Fsp3) is 0. The molecule has 1 N–H and O–H groups in total. The van der Waals surface area contributed by atoms with Gasteiger partial charge in [-0.3, -0.25) is 10.4 Å². The van der Waals surface area contributed by atoms with Crippen LogP contribution in [0, 0.1) is 5.41 Å². The number of halogens is 2. The fourth-order valence-electron chi connectivity index (χ4n) is 0.498. The Bertz CT molecular complexity index is 210. The molecule has 0 bridgehead atoms. The first-order chi connectivity index (χ1) is 4.30. The number of pyridine rings is 1. The minimum absolute atomic E-state index is 0. The lowest BCUT2D eigenvalue weighted by Gasteiger charge is -1.90. The van der Waals surface area contributed by atoms with E-state index in [0.29, 0.717) is 5.56 Å². The van der Waals surface area contributed by atoms with Crippen LogP contribution in [0.15, 0.2) is 24.5 Å². The van der Waals surface area contributed by atoms with Crippen LogP contribution in [0.2, 0.25) is 0 Å². The molecule has 0 fully saturated rings. The maximum atomic E-state index is 6.97. The summed E-state index contributed by atoms with van der Waals surface area (Å²) in [4.78, 5) is 3.77. The molecule has 0 aliphatic heterocycles. The quantitative estimate of drug-likeness (QED) is 0.655. The van der Waals surface area contributed by atoms with Gasteiger partial charge in [-0.1, -0.05) is 11.6 Å². The number of hydrogen-bond donors (Lipinski definition) is 1. The van der Waals surface area contributed by atoms with Gasteiger partial charge in [0, 0.05) is 18.0 Å². The van der Waals surface area contributed by atoms with Gasteiger partial charge in [-0.2, -0.15) is 0 Å². The molecule has 0 aromatic carbocycles. The SMILES string of the molecule is Cl.N=C(Cl)c1ccncc1. The topological polar surface area (TPSA) is 36.7 Å². The lowest BCUT2D eigenvalue weighted by atomic mass is 10.3. The average Bonchev–Trinajstić information content (AvgIpc) is 1.90. The van der Waals surface area contributed by atoms with Gasteiger partial charge in [0.2, 0.25) is 0 Å². The maximum Gasteiger partial charge on any atom is 0.128 e. The van der Waals surface area contributed by atoms with Crippen molar-refractivity contribution in [1.82, 2.24) is 4.98 Å². The molecule has 1 aromatic heterocycles. The van der Waals surface area contributed by atoms with Gasteiger partial charge in [0.05, 0.1) is 0 Å². The van der Waals surface area contributed by atoms with Crippen molar-refractivity contribution in [3.63, 3.8) is 0 Å². The Morgan fingerprint density at radius 1 is 1.40 bits per heavy atom. The van der Waals surface area contributed by atoms with Crippen LogP contribution in [0.4, 0.5) is 0 Å². The molecule has 4 heteroatoms. The highest BCUT2D eigenvalue weighted by molar-refractivity contribution is 6.68. The van der Waals surface area contributed by atoms with Crippen LogP contribution >= 0.6 is 24.0 Å². The van der Waals surface area contributed by atoms with E-state index in [0.717, 1.165) is 0 Å². The predicted octanol–water partition coefficient (Wildman–Crippen LogP) is 2.07. The summed E-state index contributed by atoms with van der Waals surface area (Å²) >= 11 is 5.36. The zero-order chi connectivity index (χ0) is 6.69. The second-order valence-electron chi connectivity index (χ2n) is 1.55. The maximum absolute atomic E-state index is 6.97. The van der Waals surface area contributed by atoms with Gasteiger partial charge in [0.1, 0.15) is 5.17 Å². The van der Waals surface area contributed by atoms with E-state index >= 15 is 0 Å². The lowest BCUT2D eigenvalue weighted by Crippen LogP contribution is -1.86. The molecule has 0 aliphatic rings. The Balaban J connectivity index is 0.000000810. The Morgan fingerprint density at radius 2 is 1.90 bits per heavy atom. The Morgan fingerprint density at radius 3 is 2.20 bits per heavy atom. The number of hydrogen-bond acceptors (Lipinski definition) is 2. The van der Waals surface area contributed by atoms with Gasteiger partial charge < -0.3 is 0 Å². The van der Waals surface area contributed by atoms with Gasteiger partial charge in [-0.25, -0.2) is 0 Å². The first kappa shape index (κ1) is 9.40. The highest BCUT2D eigenvalue weighted by atomic mass is 35.5. The zero-order valence-corrected chi connectivity index (χ0v) is 6.62. The average molecular weight is 177 g/mol. The van der Waals surface area contributed by atoms with Gasteiger partial charge in [0.25, 0.3) is 0 Å². The number of aromatic nitrogens is 1. The number of nitrogens with one attached hydrogen (secondary N) is 1. The van der Waals surface area contributed by atoms with Gasteiger partial charge in [-0.15, -0.1) is 12.4 Å². The van der Waals surface area contributed by atoms with Crippen LogP contribution < -0.4 is 0 Å². The summed E-state index contributed by atoms with van der Waals surface area (Å²) in [5.74, 6) is 0. The molecule has 0 atom stereocenters. The Kier molecular flexibility index (Phi) is 4.00. The zero-order valence-electron chi connectivity index (χ0n) is 5.04. The minimum Gasteiger partial charge on any atom is -0.289 e. The second kappa shape index (κ2) is 4.25. The second-order valence-corrected chi connectivity index (χ2v) is 1.93. The molecule has 0 radical (unpaired) electrons. The molecule has 0 spiro atoms. The van der Waals surface area contributed by atoms with Crippen molar-refractivity contribution in [2.75, 3.05) is 0 Å². The van der Waals surface area contributed by atoms with Gasteiger partial charge >= 0.3 is 0 Å². The van der Waals surface area contributed by atoms with Crippen LogP contribution in [0.5, 0.6) is 0 Å². The highest BCUT2D eigenvalue weighted by Gasteiger charge is 1.91. The number of nitrogens with zero attached hydrogens (tertiary/aromatic N) is 1. The van der Waals surface area contributed by atoms with E-state index in [9.17, 15) is 0 Å². The molecule has 1 rings (SSSR count). The molecule has 54 valence electrons. The van der Waals surface area contributed by atoms with Crippen LogP contribution in [-0.2, 0) is 0 Å². The van der Waals surface area contributed by atoms with Crippen LogP contribution in [-0.4, -0.2) is 10.2 Å². The molecule has 1 heterocycles. The molecule has 0 amide bonds. The van der Waals surface area contributed by atoms with Gasteiger partial charge in [-0.05, 0) is 12.1 Å². The van der Waals surface area contributed by atoms with Crippen molar-refractivity contribution in [3.8, 4) is 0 Å². The Hall–Kier alpha value is -0.600. The van der Waals surface area contributed by atoms with Crippen molar-refractivity contribution < 1.29 is 0 Å². The van der Waals surface area contributed by atoms with E-state index in [4.69, 9.17) is 17.0 Å². The van der Waals surface area contributed by atoms with Crippen molar-refractivity contribution in [2.45, 2.75) is 0 Å². The first-order valence-electron chi connectivity index (χ1n) is 2.45. The minimum atomic E-state index is 0. The molecular weight excluding hydrogens is 171 g/mol. The summed E-state index contributed by atoms with van der Waals surface area (Å²) in [6.07, 6.45) is 3.21. The van der Waals surface area contributed by atoms with Crippen molar-refractivity contribution in [3.05, 3.63) is 30.1 Å². The Labute approximate surface area is 70.2 Å². The van der Waals surface area contributed by atoms with Crippen molar-refractivity contribution in [2.24, 2.45) is 0 Å². The molecule has 2 nitrogen and oxygen atoms in total. The fourth-order valence-corrected chi connectivity index (χ4v) is 0.624. The van der Waals surface area contributed by atoms with Crippen LogP contribution in [0.1, 0.15) is 5.56 Å². The molecule has 0 saturated carbocycles. The summed E-state index contributed by atoms with van der Waals surface area (Å²) in [5, 5.41) is 7.03. The largest absolute Gasteiger partial charge is 0.289 e. The van der Waals surface area contributed by atoms with E-state index in [-0.39, 0.29) is 17.6 Å². The van der Waals surface area contributed by atoms with E-state index in [2.05, 4.69) is 4.98 Å². The number of rotatable bonds is 1. The summed E-state index contributed by atoms with van der Waals surface area (Å²) in [7, 11) is 0. The molecule has 0 aliphatic carbocycles. The standard InChI is InChI=1S/C6H5ClN2.ClH/c7-6(8)5-1-3-9-4-2-5;/h1-4,8H;1H. The van der Waals surface area contributed by atoms with Crippen molar-refractivity contribution in [1.29, 1.82) is 5.41 Å². The molecule has 0 saturated heterocycles. The van der Waals surface area contributed by atoms with E-state index < -0.39 is 0 Å². The molecule has 10 heavy (non-hydrogen) atoms. The predicted molar refractivity (Wildman–Crippen MR) is 44.2 cm³/mol. The van der Waals surface area contributed by atoms with E-state index in [1.807, 2.05) is 0 Å². The lowest BCUT2D eigenvalue weighted by molar-refractivity contribution is 1.32. The van der Waals surface area contributed by atoms with E-state index in [1.165, 1.54) is 0 Å². The monoisotopic (exact) mass is 176 g/mol. The summed E-state index contributed by atoms with van der Waals surface area (Å²) in [5.41, 5.74) is 0.701. The molecular formula is C6H6Cl2N2. The summed E-state index contributed by atoms with van der Waals surface area (Å²) in [6.45, 7) is 0. The van der Waals surface area contributed by atoms with Crippen LogP contribution in [0.3, 0.4) is 0 Å². The highest BCUT2D eigenvalue weighted by Crippen LogP contribution is 1.99.